The fourth-order valence-electron chi connectivity index (χ4n) is 6.64. The summed E-state index contributed by atoms with van der Waals surface area (Å²) in [5.41, 5.74) is 3.59. The summed E-state index contributed by atoms with van der Waals surface area (Å²) in [7, 11) is 3.17. The van der Waals surface area contributed by atoms with E-state index >= 15 is 0 Å². The molecule has 192 valence electrons. The Morgan fingerprint density at radius 2 is 1.83 bits per heavy atom. The number of ketones is 2. The van der Waals surface area contributed by atoms with E-state index in [1.54, 1.807) is 14.1 Å². The standard InChI is InChI=1S/C26H31N3O7/c1-28(2)20-15-10-13-9-14-12(11-29-7-3-4-8-29)5-6-16(30)18(14)21(31)17(13)23(33)26(15,36)24(34)19(22(20)32)25(27)35/h5-6,13,15,20,30-31,34,36H,3-4,7-11H2,1-2H3,(H2,27,35)/t13-,15-,20-,26-/m0/s1. The van der Waals surface area contributed by atoms with Gasteiger partial charge in [0.25, 0.3) is 5.91 Å². The molecule has 0 aromatic heterocycles. The summed E-state index contributed by atoms with van der Waals surface area (Å²) in [6.07, 6.45) is 2.62. The number of phenolic OH excluding ortho intramolecular Hbond substituents is 1. The number of likely N-dealkylation sites (tertiary alicyclic amines) is 1. The number of fused-ring (bicyclic) bond motifs is 3. The lowest BCUT2D eigenvalue weighted by Gasteiger charge is -2.50. The van der Waals surface area contributed by atoms with Gasteiger partial charge in [0.05, 0.1) is 11.6 Å². The van der Waals surface area contributed by atoms with E-state index in [-0.39, 0.29) is 23.3 Å². The zero-order chi connectivity index (χ0) is 26.1. The molecular weight excluding hydrogens is 466 g/mol. The summed E-state index contributed by atoms with van der Waals surface area (Å²) in [5, 5.41) is 44.5. The molecule has 4 atom stereocenters. The van der Waals surface area contributed by atoms with Crippen molar-refractivity contribution in [1.29, 1.82) is 0 Å². The molecule has 5 rings (SSSR count). The van der Waals surface area contributed by atoms with Crippen LogP contribution in [0.3, 0.4) is 0 Å². The average Bonchev–Trinajstić information content (AvgIpc) is 3.31. The van der Waals surface area contributed by atoms with Gasteiger partial charge in [-0.3, -0.25) is 24.2 Å². The first-order chi connectivity index (χ1) is 17.0. The van der Waals surface area contributed by atoms with E-state index in [9.17, 15) is 34.8 Å². The topological polar surface area (TPSA) is 165 Å². The van der Waals surface area contributed by atoms with Crippen molar-refractivity contribution in [1.82, 2.24) is 9.80 Å². The number of primary amides is 1. The third-order valence-corrected chi connectivity index (χ3v) is 8.29. The van der Waals surface area contributed by atoms with Crippen LogP contribution in [0.5, 0.6) is 5.75 Å². The summed E-state index contributed by atoms with van der Waals surface area (Å²) in [6, 6.07) is 2.22. The number of carbonyl (C=O) groups is 3. The van der Waals surface area contributed by atoms with Crippen LogP contribution < -0.4 is 5.73 Å². The van der Waals surface area contributed by atoms with Crippen LogP contribution in [0.15, 0.2) is 29.0 Å². The molecule has 0 unspecified atom stereocenters. The Balaban J connectivity index is 1.67. The highest BCUT2D eigenvalue weighted by atomic mass is 16.3. The van der Waals surface area contributed by atoms with Crippen molar-refractivity contribution in [3.63, 3.8) is 0 Å². The largest absolute Gasteiger partial charge is 0.508 e. The molecule has 1 aliphatic heterocycles. The molecule has 4 aliphatic rings. The zero-order valence-corrected chi connectivity index (χ0v) is 20.3. The molecule has 0 radical (unpaired) electrons. The monoisotopic (exact) mass is 497 g/mol. The van der Waals surface area contributed by atoms with E-state index in [1.807, 2.05) is 6.07 Å². The lowest BCUT2D eigenvalue weighted by atomic mass is 9.57. The smallest absolute Gasteiger partial charge is 0.255 e. The number of amides is 1. The lowest BCUT2D eigenvalue weighted by Crippen LogP contribution is -2.65. The summed E-state index contributed by atoms with van der Waals surface area (Å²) in [5.74, 6) is -6.36. The highest BCUT2D eigenvalue weighted by Crippen LogP contribution is 2.53. The Bertz CT molecular complexity index is 1240. The van der Waals surface area contributed by atoms with Crippen LogP contribution in [0.2, 0.25) is 0 Å². The van der Waals surface area contributed by atoms with Gasteiger partial charge in [0.1, 0.15) is 22.8 Å². The number of nitrogens with zero attached hydrogens (tertiary/aromatic N) is 2. The minimum Gasteiger partial charge on any atom is -0.508 e. The number of aliphatic hydroxyl groups is 3. The number of phenols is 1. The number of rotatable bonds is 4. The number of hydrogen-bond donors (Lipinski definition) is 5. The van der Waals surface area contributed by atoms with Crippen LogP contribution in [-0.4, -0.2) is 86.5 Å². The molecule has 3 aliphatic carbocycles. The third-order valence-electron chi connectivity index (χ3n) is 8.29. The first kappa shape index (κ1) is 24.5. The van der Waals surface area contributed by atoms with Gasteiger partial charge in [0.2, 0.25) is 5.78 Å². The number of aromatic hydroxyl groups is 1. The molecule has 1 amide bonds. The van der Waals surface area contributed by atoms with Crippen LogP contribution in [0.4, 0.5) is 0 Å². The minimum absolute atomic E-state index is 0.0879. The van der Waals surface area contributed by atoms with Gasteiger partial charge in [-0.25, -0.2) is 0 Å². The highest BCUT2D eigenvalue weighted by Gasteiger charge is 2.64. The molecule has 1 aromatic rings. The number of Topliss-reactive ketones (excluding diaryl/α,β-unsaturated/α-hetero) is 2. The first-order valence-electron chi connectivity index (χ1n) is 12.2. The van der Waals surface area contributed by atoms with Crippen LogP contribution >= 0.6 is 0 Å². The predicted octanol–water partition coefficient (Wildman–Crippen LogP) is 0.560. The van der Waals surface area contributed by atoms with Gasteiger partial charge in [-0.05, 0) is 76.0 Å². The van der Waals surface area contributed by atoms with E-state index in [0.717, 1.165) is 37.1 Å². The van der Waals surface area contributed by atoms with E-state index < -0.39 is 58.0 Å². The zero-order valence-electron chi connectivity index (χ0n) is 20.3. The van der Waals surface area contributed by atoms with E-state index in [4.69, 9.17) is 5.73 Å². The van der Waals surface area contributed by atoms with Crippen LogP contribution in [0.1, 0.15) is 36.0 Å². The Morgan fingerprint density at radius 3 is 2.44 bits per heavy atom. The minimum atomic E-state index is -2.62. The summed E-state index contributed by atoms with van der Waals surface area (Å²) in [4.78, 5) is 42.8. The van der Waals surface area contributed by atoms with Crippen molar-refractivity contribution in [3.05, 3.63) is 45.7 Å². The maximum Gasteiger partial charge on any atom is 0.255 e. The van der Waals surface area contributed by atoms with Gasteiger partial charge in [-0.1, -0.05) is 6.07 Å². The number of hydrogen-bond acceptors (Lipinski definition) is 9. The molecule has 0 bridgehead atoms. The second-order valence-electron chi connectivity index (χ2n) is 10.5. The fourth-order valence-corrected chi connectivity index (χ4v) is 6.64. The number of benzene rings is 1. The Morgan fingerprint density at radius 1 is 1.17 bits per heavy atom. The van der Waals surface area contributed by atoms with Crippen molar-refractivity contribution < 1.29 is 34.8 Å². The molecule has 0 spiro atoms. The molecule has 10 nitrogen and oxygen atoms in total. The van der Waals surface area contributed by atoms with Crippen molar-refractivity contribution in [2.75, 3.05) is 27.2 Å². The molecule has 1 saturated carbocycles. The number of carbonyl (C=O) groups excluding carboxylic acids is 3. The second kappa shape index (κ2) is 8.43. The van der Waals surface area contributed by atoms with E-state index in [2.05, 4.69) is 4.90 Å². The molecule has 1 heterocycles. The molecular formula is C26H31N3O7. The van der Waals surface area contributed by atoms with Gasteiger partial charge in [-0.2, -0.15) is 0 Å². The molecule has 1 aromatic carbocycles. The molecule has 10 heteroatoms. The van der Waals surface area contributed by atoms with Crippen molar-refractivity contribution in [2.45, 2.75) is 43.9 Å². The van der Waals surface area contributed by atoms with Gasteiger partial charge in [-0.15, -0.1) is 0 Å². The summed E-state index contributed by atoms with van der Waals surface area (Å²) in [6.45, 7) is 2.56. The number of aliphatic hydroxyl groups excluding tert-OH is 2. The second-order valence-corrected chi connectivity index (χ2v) is 10.5. The van der Waals surface area contributed by atoms with Gasteiger partial charge < -0.3 is 26.2 Å². The Labute approximate surface area is 208 Å². The van der Waals surface area contributed by atoms with E-state index in [1.165, 1.54) is 11.0 Å². The van der Waals surface area contributed by atoms with Gasteiger partial charge in [0, 0.05) is 18.0 Å². The summed E-state index contributed by atoms with van der Waals surface area (Å²) >= 11 is 0. The van der Waals surface area contributed by atoms with Gasteiger partial charge in [0.15, 0.2) is 11.4 Å². The SMILES string of the molecule is CN(C)[C@@H]1C(=O)C(C(N)=O)=C(O)[C@@]2(O)C(=O)C3=C(O)c4c(O)ccc(CN5CCCC5)c4C[C@H]3C[C@@H]12. The maximum absolute atomic E-state index is 13.8. The summed E-state index contributed by atoms with van der Waals surface area (Å²) < 4.78 is 0. The Kier molecular flexibility index (Phi) is 5.73. The average molecular weight is 498 g/mol. The molecule has 6 N–H and O–H groups in total. The molecule has 2 fully saturated rings. The molecule has 1 saturated heterocycles. The lowest BCUT2D eigenvalue weighted by molar-refractivity contribution is -0.153. The quantitative estimate of drug-likeness (QED) is 0.374. The molecule has 36 heavy (non-hydrogen) atoms. The number of likely N-dealkylation sites (N-methyl/N-ethyl adjacent to an activating group) is 1. The normalized spacial score (nSPS) is 30.5. The van der Waals surface area contributed by atoms with Crippen molar-refractivity contribution >= 4 is 23.2 Å². The van der Waals surface area contributed by atoms with Crippen LogP contribution in [0, 0.1) is 11.8 Å². The third kappa shape index (κ3) is 3.31. The first-order valence-corrected chi connectivity index (χ1v) is 12.2. The van der Waals surface area contributed by atoms with Gasteiger partial charge >= 0.3 is 0 Å². The highest BCUT2D eigenvalue weighted by molar-refractivity contribution is 6.24. The maximum atomic E-state index is 13.8. The Hall–Kier alpha value is -3.21. The van der Waals surface area contributed by atoms with Crippen LogP contribution in [-0.2, 0) is 27.3 Å². The fraction of sp³-hybridized carbons (Fsp3) is 0.500. The predicted molar refractivity (Wildman–Crippen MR) is 129 cm³/mol. The number of nitrogens with two attached hydrogens (primary N) is 1. The van der Waals surface area contributed by atoms with Crippen molar-refractivity contribution in [3.8, 4) is 5.75 Å². The van der Waals surface area contributed by atoms with Crippen molar-refractivity contribution in [2.24, 2.45) is 17.6 Å². The van der Waals surface area contributed by atoms with E-state index in [0.29, 0.717) is 13.0 Å². The van der Waals surface area contributed by atoms with Crippen LogP contribution in [0.25, 0.3) is 5.76 Å².